The Morgan fingerprint density at radius 2 is 1.96 bits per heavy atom. The fourth-order valence-electron chi connectivity index (χ4n) is 3.26. The lowest BCUT2D eigenvalue weighted by Crippen LogP contribution is -2.15. The molecule has 1 fully saturated rings. The minimum absolute atomic E-state index is 0.0148. The van der Waals surface area contributed by atoms with Gasteiger partial charge < -0.3 is 4.74 Å². The van der Waals surface area contributed by atoms with Gasteiger partial charge in [0.05, 0.1) is 28.9 Å². The second kappa shape index (κ2) is 6.92. The van der Waals surface area contributed by atoms with Crippen molar-refractivity contribution in [1.82, 2.24) is 14.8 Å². The van der Waals surface area contributed by atoms with Crippen LogP contribution < -0.4 is 0 Å². The van der Waals surface area contributed by atoms with Crippen molar-refractivity contribution < 1.29 is 22.7 Å². The van der Waals surface area contributed by atoms with Crippen molar-refractivity contribution in [3.05, 3.63) is 47.7 Å². The largest absolute Gasteiger partial charge is 0.465 e. The average Bonchev–Trinajstić information content (AvgIpc) is 3.44. The van der Waals surface area contributed by atoms with Crippen LogP contribution in [0.2, 0.25) is 0 Å². The Bertz CT molecular complexity index is 1020. The zero-order valence-electron chi connectivity index (χ0n) is 15.2. The molecule has 3 aromatic rings. The smallest absolute Gasteiger partial charge is 0.417 e. The summed E-state index contributed by atoms with van der Waals surface area (Å²) >= 11 is 0. The van der Waals surface area contributed by atoms with Gasteiger partial charge in [0.1, 0.15) is 6.54 Å². The Labute approximate surface area is 159 Å². The number of rotatable bonds is 5. The first-order chi connectivity index (χ1) is 13.4. The van der Waals surface area contributed by atoms with Crippen molar-refractivity contribution in [2.75, 3.05) is 6.61 Å². The van der Waals surface area contributed by atoms with Crippen LogP contribution in [-0.4, -0.2) is 27.3 Å². The summed E-state index contributed by atoms with van der Waals surface area (Å²) < 4.78 is 47.9. The van der Waals surface area contributed by atoms with Crippen LogP contribution in [0.25, 0.3) is 22.3 Å². The molecule has 146 valence electrons. The second-order valence-corrected chi connectivity index (χ2v) is 6.74. The maximum Gasteiger partial charge on any atom is 0.417 e. The molecule has 0 amide bonds. The number of carbonyl (C=O) groups excluding carboxylic acids is 1. The lowest BCUT2D eigenvalue weighted by molar-refractivity contribution is -0.144. The summed E-state index contributed by atoms with van der Waals surface area (Å²) in [5.41, 5.74) is 0.398. The van der Waals surface area contributed by atoms with Gasteiger partial charge in [0.25, 0.3) is 0 Å². The normalized spacial score (nSPS) is 14.4. The lowest BCUT2D eigenvalue weighted by atomic mass is 10.0. The SMILES string of the molecule is CCOC(=O)Cn1nc(C2CC2)c2c(C(F)(F)F)cc(-c3ccccc3)nc21. The van der Waals surface area contributed by atoms with Gasteiger partial charge in [-0.25, -0.2) is 9.67 Å². The predicted molar refractivity (Wildman–Crippen MR) is 96.6 cm³/mol. The number of ether oxygens (including phenoxy) is 1. The Kier molecular flexibility index (Phi) is 4.56. The van der Waals surface area contributed by atoms with Gasteiger partial charge in [-0.1, -0.05) is 30.3 Å². The first-order valence-electron chi connectivity index (χ1n) is 9.08. The number of esters is 1. The number of carbonyl (C=O) groups is 1. The number of nitrogens with zero attached hydrogens (tertiary/aromatic N) is 3. The maximum absolute atomic E-state index is 13.9. The highest BCUT2D eigenvalue weighted by Gasteiger charge is 2.39. The van der Waals surface area contributed by atoms with Crippen molar-refractivity contribution in [2.24, 2.45) is 0 Å². The Hall–Kier alpha value is -2.90. The van der Waals surface area contributed by atoms with E-state index in [1.807, 2.05) is 0 Å². The summed E-state index contributed by atoms with van der Waals surface area (Å²) in [6.07, 6.45) is -3.00. The van der Waals surface area contributed by atoms with Crippen LogP contribution in [0, 0.1) is 0 Å². The van der Waals surface area contributed by atoms with Crippen LogP contribution in [-0.2, 0) is 22.3 Å². The van der Waals surface area contributed by atoms with E-state index < -0.39 is 17.7 Å². The van der Waals surface area contributed by atoms with E-state index in [1.165, 1.54) is 4.68 Å². The van der Waals surface area contributed by atoms with Gasteiger partial charge in [0, 0.05) is 11.5 Å². The van der Waals surface area contributed by atoms with Crippen molar-refractivity contribution >= 4 is 17.0 Å². The molecule has 1 aliphatic rings. The van der Waals surface area contributed by atoms with Crippen LogP contribution >= 0.6 is 0 Å². The number of pyridine rings is 1. The number of alkyl halides is 3. The molecule has 2 heterocycles. The molecule has 4 rings (SSSR count). The van der Waals surface area contributed by atoms with Gasteiger partial charge in [-0.2, -0.15) is 18.3 Å². The molecule has 0 unspecified atom stereocenters. The Balaban J connectivity index is 1.96. The van der Waals surface area contributed by atoms with Crippen LogP contribution in [0.3, 0.4) is 0 Å². The summed E-state index contributed by atoms with van der Waals surface area (Å²) in [6.45, 7) is 1.58. The number of hydrogen-bond donors (Lipinski definition) is 0. The molecule has 0 atom stereocenters. The van der Waals surface area contributed by atoms with Gasteiger partial charge in [-0.3, -0.25) is 4.79 Å². The molecule has 1 aliphatic carbocycles. The standard InChI is InChI=1S/C20H18F3N3O2/c1-2-28-16(27)11-26-19-17(18(25-26)13-8-9-13)14(20(21,22)23)10-15(24-19)12-6-4-3-5-7-12/h3-7,10,13H,2,8-9,11H2,1H3. The highest BCUT2D eigenvalue weighted by atomic mass is 19.4. The van der Waals surface area contributed by atoms with E-state index in [4.69, 9.17) is 4.74 Å². The molecule has 0 N–H and O–H groups in total. The Morgan fingerprint density at radius 1 is 1.25 bits per heavy atom. The molecule has 8 heteroatoms. The van der Waals surface area contributed by atoms with Crippen molar-refractivity contribution in [1.29, 1.82) is 0 Å². The van der Waals surface area contributed by atoms with Gasteiger partial charge in [0.15, 0.2) is 5.65 Å². The predicted octanol–water partition coefficient (Wildman–Crippen LogP) is 4.56. The van der Waals surface area contributed by atoms with E-state index >= 15 is 0 Å². The average molecular weight is 389 g/mol. The van der Waals surface area contributed by atoms with Gasteiger partial charge >= 0.3 is 12.1 Å². The molecule has 28 heavy (non-hydrogen) atoms. The van der Waals surface area contributed by atoms with E-state index in [2.05, 4.69) is 10.1 Å². The maximum atomic E-state index is 13.9. The van der Waals surface area contributed by atoms with E-state index in [0.29, 0.717) is 11.3 Å². The molecule has 0 radical (unpaired) electrons. The van der Waals surface area contributed by atoms with Gasteiger partial charge in [0.2, 0.25) is 0 Å². The summed E-state index contributed by atoms with van der Waals surface area (Å²) in [5.74, 6) is -0.592. The summed E-state index contributed by atoms with van der Waals surface area (Å²) in [7, 11) is 0. The molecule has 2 aromatic heterocycles. The molecule has 1 aromatic carbocycles. The number of hydrogen-bond acceptors (Lipinski definition) is 4. The molecule has 0 bridgehead atoms. The monoisotopic (exact) mass is 389 g/mol. The third-order valence-electron chi connectivity index (χ3n) is 4.65. The fraction of sp³-hybridized carbons (Fsp3) is 0.350. The van der Waals surface area contributed by atoms with Crippen LogP contribution in [0.1, 0.15) is 36.9 Å². The summed E-state index contributed by atoms with van der Waals surface area (Å²) in [5, 5.41) is 4.32. The number of benzene rings is 1. The van der Waals surface area contributed by atoms with Crippen LogP contribution in [0.5, 0.6) is 0 Å². The van der Waals surface area contributed by atoms with Crippen LogP contribution in [0.4, 0.5) is 13.2 Å². The zero-order valence-corrected chi connectivity index (χ0v) is 15.2. The molecule has 0 aliphatic heterocycles. The molecule has 5 nitrogen and oxygen atoms in total. The highest BCUT2D eigenvalue weighted by molar-refractivity contribution is 5.87. The topological polar surface area (TPSA) is 57.0 Å². The first-order valence-corrected chi connectivity index (χ1v) is 9.08. The van der Waals surface area contributed by atoms with E-state index in [-0.39, 0.29) is 35.8 Å². The lowest BCUT2D eigenvalue weighted by Gasteiger charge is -2.12. The number of halogens is 3. The molecule has 0 spiro atoms. The molecular weight excluding hydrogens is 371 g/mol. The fourth-order valence-corrected chi connectivity index (χ4v) is 3.26. The van der Waals surface area contributed by atoms with Crippen molar-refractivity contribution in [3.8, 4) is 11.3 Å². The van der Waals surface area contributed by atoms with Gasteiger partial charge in [-0.05, 0) is 25.8 Å². The first kappa shape index (κ1) is 18.5. The van der Waals surface area contributed by atoms with Crippen molar-refractivity contribution in [2.45, 2.75) is 38.4 Å². The second-order valence-electron chi connectivity index (χ2n) is 6.74. The summed E-state index contributed by atoms with van der Waals surface area (Å²) in [4.78, 5) is 16.4. The highest BCUT2D eigenvalue weighted by Crippen LogP contribution is 2.46. The zero-order chi connectivity index (χ0) is 19.9. The number of aromatic nitrogens is 3. The van der Waals surface area contributed by atoms with Gasteiger partial charge in [-0.15, -0.1) is 0 Å². The van der Waals surface area contributed by atoms with E-state index in [0.717, 1.165) is 18.9 Å². The molecule has 1 saturated carbocycles. The molecule has 0 saturated heterocycles. The minimum Gasteiger partial charge on any atom is -0.465 e. The third-order valence-corrected chi connectivity index (χ3v) is 4.65. The quantitative estimate of drug-likeness (QED) is 0.601. The van der Waals surface area contributed by atoms with E-state index in [1.54, 1.807) is 37.3 Å². The Morgan fingerprint density at radius 3 is 2.57 bits per heavy atom. The minimum atomic E-state index is -4.56. The number of fused-ring (bicyclic) bond motifs is 1. The summed E-state index contributed by atoms with van der Waals surface area (Å²) in [6, 6.07) is 9.72. The van der Waals surface area contributed by atoms with E-state index in [9.17, 15) is 18.0 Å². The van der Waals surface area contributed by atoms with Crippen LogP contribution in [0.15, 0.2) is 36.4 Å². The van der Waals surface area contributed by atoms with Crippen molar-refractivity contribution in [3.63, 3.8) is 0 Å². The third kappa shape index (κ3) is 3.46. The molecular formula is C20H18F3N3O2.